The second kappa shape index (κ2) is 5.66. The van der Waals surface area contributed by atoms with Crippen LogP contribution in [-0.4, -0.2) is 66.8 Å². The van der Waals surface area contributed by atoms with Crippen LogP contribution in [0.4, 0.5) is 13.2 Å². The standard InChI is InChI=1S/C12H19F3N2O2/c1-2-16-5-6-17(8-10(16)12(13,14)15)11(18)9-4-3-7-19-9/h9-10H,2-8H2,1H3. The van der Waals surface area contributed by atoms with Gasteiger partial charge in [-0.05, 0) is 19.4 Å². The Morgan fingerprint density at radius 2 is 2.11 bits per heavy atom. The molecule has 0 aromatic rings. The van der Waals surface area contributed by atoms with E-state index in [1.807, 2.05) is 0 Å². The van der Waals surface area contributed by atoms with Crippen LogP contribution in [0.1, 0.15) is 19.8 Å². The lowest BCUT2D eigenvalue weighted by Gasteiger charge is -2.42. The average molecular weight is 280 g/mol. The minimum atomic E-state index is -4.30. The SMILES string of the molecule is CCN1CCN(C(=O)C2CCCO2)CC1C(F)(F)F. The summed E-state index contributed by atoms with van der Waals surface area (Å²) in [4.78, 5) is 14.8. The Kier molecular flexibility index (Phi) is 4.35. The molecule has 2 heterocycles. The number of carbonyl (C=O) groups excluding carboxylic acids is 1. The number of hydrogen-bond donors (Lipinski definition) is 0. The quantitative estimate of drug-likeness (QED) is 0.763. The van der Waals surface area contributed by atoms with Crippen LogP contribution in [0.3, 0.4) is 0 Å². The van der Waals surface area contributed by atoms with Crippen molar-refractivity contribution >= 4 is 5.91 Å². The van der Waals surface area contributed by atoms with Crippen LogP contribution in [0, 0.1) is 0 Å². The predicted octanol–water partition coefficient (Wildman–Crippen LogP) is 1.26. The van der Waals surface area contributed by atoms with Gasteiger partial charge in [0, 0.05) is 26.2 Å². The van der Waals surface area contributed by atoms with Crippen LogP contribution >= 0.6 is 0 Å². The Morgan fingerprint density at radius 3 is 2.63 bits per heavy atom. The Labute approximate surface area is 110 Å². The van der Waals surface area contributed by atoms with Gasteiger partial charge < -0.3 is 9.64 Å². The highest BCUT2D eigenvalue weighted by Gasteiger charge is 2.47. The van der Waals surface area contributed by atoms with Gasteiger partial charge in [0.05, 0.1) is 0 Å². The highest BCUT2D eigenvalue weighted by molar-refractivity contribution is 5.81. The predicted molar refractivity (Wildman–Crippen MR) is 62.6 cm³/mol. The molecule has 2 aliphatic heterocycles. The monoisotopic (exact) mass is 280 g/mol. The normalized spacial score (nSPS) is 29.8. The third-order valence-corrected chi connectivity index (χ3v) is 3.79. The van der Waals surface area contributed by atoms with E-state index in [-0.39, 0.29) is 19.0 Å². The van der Waals surface area contributed by atoms with Crippen molar-refractivity contribution in [2.24, 2.45) is 0 Å². The maximum absolute atomic E-state index is 13.0. The third-order valence-electron chi connectivity index (χ3n) is 3.79. The Morgan fingerprint density at radius 1 is 1.37 bits per heavy atom. The van der Waals surface area contributed by atoms with Crippen molar-refractivity contribution in [3.63, 3.8) is 0 Å². The number of hydrogen-bond acceptors (Lipinski definition) is 3. The average Bonchev–Trinajstić information content (AvgIpc) is 2.90. The molecule has 110 valence electrons. The lowest BCUT2D eigenvalue weighted by atomic mass is 10.1. The van der Waals surface area contributed by atoms with Crippen molar-refractivity contribution < 1.29 is 22.7 Å². The summed E-state index contributed by atoms with van der Waals surface area (Å²) in [5.41, 5.74) is 0. The summed E-state index contributed by atoms with van der Waals surface area (Å²) >= 11 is 0. The number of amides is 1. The molecule has 2 rings (SSSR count). The van der Waals surface area contributed by atoms with E-state index in [1.54, 1.807) is 6.92 Å². The molecule has 0 bridgehead atoms. The van der Waals surface area contributed by atoms with Gasteiger partial charge in [-0.15, -0.1) is 0 Å². The zero-order valence-corrected chi connectivity index (χ0v) is 10.9. The van der Waals surface area contributed by atoms with Crippen LogP contribution in [0.2, 0.25) is 0 Å². The zero-order chi connectivity index (χ0) is 14.0. The van der Waals surface area contributed by atoms with E-state index in [1.165, 1.54) is 9.80 Å². The first kappa shape index (κ1) is 14.6. The minimum absolute atomic E-state index is 0.263. The molecule has 2 saturated heterocycles. The molecule has 2 unspecified atom stereocenters. The van der Waals surface area contributed by atoms with Crippen molar-refractivity contribution in [2.45, 2.75) is 38.1 Å². The van der Waals surface area contributed by atoms with Gasteiger partial charge >= 0.3 is 6.18 Å². The summed E-state index contributed by atoms with van der Waals surface area (Å²) in [5.74, 6) is -0.289. The first-order valence-electron chi connectivity index (χ1n) is 6.64. The topological polar surface area (TPSA) is 32.8 Å². The summed E-state index contributed by atoms with van der Waals surface area (Å²) in [6.07, 6.45) is -3.43. The van der Waals surface area contributed by atoms with Gasteiger partial charge in [-0.2, -0.15) is 13.2 Å². The summed E-state index contributed by atoms with van der Waals surface area (Å²) in [6, 6.07) is -1.56. The summed E-state index contributed by atoms with van der Waals surface area (Å²) in [5, 5.41) is 0. The Hall–Kier alpha value is -0.820. The molecular weight excluding hydrogens is 261 g/mol. The number of ether oxygens (including phenoxy) is 1. The number of nitrogens with zero attached hydrogens (tertiary/aromatic N) is 2. The summed E-state index contributed by atoms with van der Waals surface area (Å²) < 4.78 is 44.2. The molecule has 0 radical (unpaired) electrons. The second-order valence-electron chi connectivity index (χ2n) is 4.97. The van der Waals surface area contributed by atoms with Gasteiger partial charge in [-0.3, -0.25) is 9.69 Å². The first-order chi connectivity index (χ1) is 8.93. The first-order valence-corrected chi connectivity index (χ1v) is 6.64. The number of carbonyl (C=O) groups is 1. The van der Waals surface area contributed by atoms with Gasteiger partial charge in [0.15, 0.2) is 0 Å². The highest BCUT2D eigenvalue weighted by atomic mass is 19.4. The van der Waals surface area contributed by atoms with E-state index >= 15 is 0 Å². The molecule has 19 heavy (non-hydrogen) atoms. The lowest BCUT2D eigenvalue weighted by molar-refractivity contribution is -0.198. The maximum Gasteiger partial charge on any atom is 0.405 e. The Balaban J connectivity index is 2.02. The van der Waals surface area contributed by atoms with E-state index < -0.39 is 18.3 Å². The Bertz CT molecular complexity index is 329. The van der Waals surface area contributed by atoms with Crippen molar-refractivity contribution in [3.8, 4) is 0 Å². The van der Waals surface area contributed by atoms with Crippen LogP contribution in [0.15, 0.2) is 0 Å². The molecule has 0 saturated carbocycles. The molecule has 0 N–H and O–H groups in total. The van der Waals surface area contributed by atoms with Gasteiger partial charge in [-0.1, -0.05) is 6.92 Å². The zero-order valence-electron chi connectivity index (χ0n) is 10.9. The van der Waals surface area contributed by atoms with E-state index in [9.17, 15) is 18.0 Å². The molecule has 2 fully saturated rings. The number of alkyl halides is 3. The molecular formula is C12H19F3N2O2. The number of piperazine rings is 1. The molecule has 0 aliphatic carbocycles. The van der Waals surface area contributed by atoms with Gasteiger partial charge in [-0.25, -0.2) is 0 Å². The van der Waals surface area contributed by atoms with Crippen molar-refractivity contribution in [1.29, 1.82) is 0 Å². The largest absolute Gasteiger partial charge is 0.405 e. The summed E-state index contributed by atoms with van der Waals surface area (Å²) in [6.45, 7) is 2.89. The lowest BCUT2D eigenvalue weighted by Crippen LogP contribution is -2.61. The molecule has 0 aromatic carbocycles. The highest BCUT2D eigenvalue weighted by Crippen LogP contribution is 2.28. The molecule has 2 atom stereocenters. The second-order valence-corrected chi connectivity index (χ2v) is 4.97. The molecule has 0 aromatic heterocycles. The van der Waals surface area contributed by atoms with E-state index in [0.717, 1.165) is 6.42 Å². The van der Waals surface area contributed by atoms with Gasteiger partial charge in [0.25, 0.3) is 5.91 Å². The molecule has 7 heteroatoms. The molecule has 1 amide bonds. The van der Waals surface area contributed by atoms with Crippen LogP contribution in [0.5, 0.6) is 0 Å². The molecule has 4 nitrogen and oxygen atoms in total. The van der Waals surface area contributed by atoms with Crippen LogP contribution in [-0.2, 0) is 9.53 Å². The summed E-state index contributed by atoms with van der Waals surface area (Å²) in [7, 11) is 0. The minimum Gasteiger partial charge on any atom is -0.368 e. The van der Waals surface area contributed by atoms with Gasteiger partial charge in [0.2, 0.25) is 0 Å². The fraction of sp³-hybridized carbons (Fsp3) is 0.917. The maximum atomic E-state index is 13.0. The fourth-order valence-electron chi connectivity index (χ4n) is 2.69. The third kappa shape index (κ3) is 3.20. The smallest absolute Gasteiger partial charge is 0.368 e. The van der Waals surface area contributed by atoms with Crippen LogP contribution in [0.25, 0.3) is 0 Å². The molecule has 2 aliphatic rings. The van der Waals surface area contributed by atoms with Crippen LogP contribution < -0.4 is 0 Å². The number of halogens is 3. The number of rotatable bonds is 2. The van der Waals surface area contributed by atoms with E-state index in [2.05, 4.69) is 0 Å². The van der Waals surface area contributed by atoms with Gasteiger partial charge in [0.1, 0.15) is 12.1 Å². The fourth-order valence-corrected chi connectivity index (χ4v) is 2.69. The number of likely N-dealkylation sites (N-methyl/N-ethyl adjacent to an activating group) is 1. The van der Waals surface area contributed by atoms with Crippen molar-refractivity contribution in [1.82, 2.24) is 9.80 Å². The molecule has 0 spiro atoms. The van der Waals surface area contributed by atoms with E-state index in [4.69, 9.17) is 4.74 Å². The van der Waals surface area contributed by atoms with Crippen molar-refractivity contribution in [3.05, 3.63) is 0 Å². The van der Waals surface area contributed by atoms with Crippen molar-refractivity contribution in [2.75, 3.05) is 32.8 Å². The van der Waals surface area contributed by atoms with E-state index in [0.29, 0.717) is 26.1 Å².